The number of methoxy groups -OCH3 is 1. The van der Waals surface area contributed by atoms with Crippen molar-refractivity contribution in [2.75, 3.05) is 62.0 Å². The molecular weight excluding hydrogens is 406 g/mol. The van der Waals surface area contributed by atoms with Gasteiger partial charge in [-0.15, -0.1) is 0 Å². The molecule has 0 saturated carbocycles. The highest BCUT2D eigenvalue weighted by Crippen LogP contribution is 2.30. The molecule has 3 rings (SSSR count). The maximum absolute atomic E-state index is 12.8. The first kappa shape index (κ1) is 20.4. The van der Waals surface area contributed by atoms with E-state index < -0.39 is 10.0 Å². The average molecular weight is 428 g/mol. The number of sulfonamides is 1. The number of nitrogens with one attached hydrogen (secondary N) is 1. The van der Waals surface area contributed by atoms with Crippen LogP contribution >= 0.6 is 11.6 Å². The molecule has 0 amide bonds. The third-order valence-electron chi connectivity index (χ3n) is 4.15. The van der Waals surface area contributed by atoms with Gasteiger partial charge in [-0.05, 0) is 18.2 Å². The number of anilines is 3. The largest absolute Gasteiger partial charge is 0.495 e. The lowest BCUT2D eigenvalue weighted by atomic mass is 10.3. The number of halogens is 1. The van der Waals surface area contributed by atoms with Crippen LogP contribution in [-0.4, -0.2) is 65.9 Å². The van der Waals surface area contributed by atoms with Gasteiger partial charge in [-0.3, -0.25) is 4.72 Å². The summed E-state index contributed by atoms with van der Waals surface area (Å²) in [6.07, 6.45) is 1.47. The monoisotopic (exact) mass is 427 g/mol. The highest BCUT2D eigenvalue weighted by molar-refractivity contribution is 7.92. The zero-order valence-electron chi connectivity index (χ0n) is 15.8. The van der Waals surface area contributed by atoms with Crippen LogP contribution in [0.2, 0.25) is 5.02 Å². The van der Waals surface area contributed by atoms with Crippen molar-refractivity contribution in [1.29, 1.82) is 0 Å². The van der Waals surface area contributed by atoms with Crippen LogP contribution in [0.4, 0.5) is 17.5 Å². The first-order valence-electron chi connectivity index (χ1n) is 8.55. The van der Waals surface area contributed by atoms with Crippen LogP contribution in [0.5, 0.6) is 5.75 Å². The Morgan fingerprint density at radius 1 is 1.29 bits per heavy atom. The lowest BCUT2D eigenvalue weighted by Gasteiger charge is -2.28. The molecule has 0 bridgehead atoms. The summed E-state index contributed by atoms with van der Waals surface area (Å²) in [7, 11) is 1.15. The van der Waals surface area contributed by atoms with E-state index in [-0.39, 0.29) is 15.6 Å². The van der Waals surface area contributed by atoms with Crippen molar-refractivity contribution >= 4 is 39.1 Å². The Kier molecular flexibility index (Phi) is 6.11. The van der Waals surface area contributed by atoms with Crippen LogP contribution in [0.15, 0.2) is 29.3 Å². The van der Waals surface area contributed by atoms with Gasteiger partial charge in [0.2, 0.25) is 5.95 Å². The second-order valence-corrected chi connectivity index (χ2v) is 8.39. The van der Waals surface area contributed by atoms with Gasteiger partial charge < -0.3 is 19.3 Å². The second-order valence-electron chi connectivity index (χ2n) is 6.30. The maximum atomic E-state index is 12.8. The molecule has 0 radical (unpaired) electrons. The molecule has 1 aromatic heterocycles. The van der Waals surface area contributed by atoms with E-state index in [0.29, 0.717) is 43.8 Å². The van der Waals surface area contributed by atoms with Crippen molar-refractivity contribution < 1.29 is 17.9 Å². The third kappa shape index (κ3) is 4.40. The molecule has 2 aromatic rings. The summed E-state index contributed by atoms with van der Waals surface area (Å²) in [5.74, 6) is 1.38. The molecule has 152 valence electrons. The fourth-order valence-corrected chi connectivity index (χ4v) is 4.10. The summed E-state index contributed by atoms with van der Waals surface area (Å²) < 4.78 is 38.6. The van der Waals surface area contributed by atoms with Crippen molar-refractivity contribution in [2.45, 2.75) is 4.90 Å². The summed E-state index contributed by atoms with van der Waals surface area (Å²) in [6.45, 7) is 2.57. The van der Waals surface area contributed by atoms with Gasteiger partial charge >= 0.3 is 0 Å². The maximum Gasteiger partial charge on any atom is 0.262 e. The van der Waals surface area contributed by atoms with E-state index in [9.17, 15) is 8.42 Å². The Morgan fingerprint density at radius 3 is 2.61 bits per heavy atom. The number of aromatic nitrogens is 2. The van der Waals surface area contributed by atoms with Crippen LogP contribution in [0, 0.1) is 0 Å². The number of hydrogen-bond acceptors (Lipinski definition) is 8. The highest BCUT2D eigenvalue weighted by Gasteiger charge is 2.22. The number of hydrogen-bond donors (Lipinski definition) is 1. The molecule has 11 heteroatoms. The van der Waals surface area contributed by atoms with Crippen molar-refractivity contribution in [3.8, 4) is 5.75 Å². The van der Waals surface area contributed by atoms with Crippen molar-refractivity contribution in [3.63, 3.8) is 0 Å². The van der Waals surface area contributed by atoms with E-state index in [0.717, 1.165) is 0 Å². The molecule has 1 fully saturated rings. The van der Waals surface area contributed by atoms with Gasteiger partial charge in [0, 0.05) is 27.2 Å². The highest BCUT2D eigenvalue weighted by atomic mass is 35.5. The van der Waals surface area contributed by atoms with Crippen LogP contribution in [0.25, 0.3) is 0 Å². The first-order valence-corrected chi connectivity index (χ1v) is 10.4. The van der Waals surface area contributed by atoms with E-state index in [2.05, 4.69) is 14.7 Å². The lowest BCUT2D eigenvalue weighted by Crippen LogP contribution is -2.37. The number of ether oxygens (including phenoxy) is 2. The molecule has 9 nitrogen and oxygen atoms in total. The van der Waals surface area contributed by atoms with E-state index in [1.165, 1.54) is 31.5 Å². The van der Waals surface area contributed by atoms with Crippen LogP contribution in [-0.2, 0) is 14.8 Å². The SMILES string of the molecule is COc1ccc(S(=O)(=O)Nc2cnc(N3CCOCC3)nc2N(C)C)cc1Cl. The number of morpholine rings is 1. The third-order valence-corrected chi connectivity index (χ3v) is 5.81. The lowest BCUT2D eigenvalue weighted by molar-refractivity contribution is 0.122. The van der Waals surface area contributed by atoms with Gasteiger partial charge in [0.25, 0.3) is 10.0 Å². The molecule has 0 spiro atoms. The minimum absolute atomic E-state index is 0.0141. The summed E-state index contributed by atoms with van der Waals surface area (Å²) in [5, 5.41) is 0.206. The minimum atomic E-state index is -3.88. The van der Waals surface area contributed by atoms with Crippen LogP contribution < -0.4 is 19.3 Å². The van der Waals surface area contributed by atoms with Gasteiger partial charge in [-0.25, -0.2) is 13.4 Å². The molecule has 1 aromatic carbocycles. The van der Waals surface area contributed by atoms with Gasteiger partial charge in [-0.1, -0.05) is 11.6 Å². The van der Waals surface area contributed by atoms with Gasteiger partial charge in [0.15, 0.2) is 5.82 Å². The predicted octanol–water partition coefficient (Wildman–Crippen LogP) is 1.84. The Hall–Kier alpha value is -2.30. The number of rotatable bonds is 6. The first-order chi connectivity index (χ1) is 13.3. The summed E-state index contributed by atoms with van der Waals surface area (Å²) in [4.78, 5) is 12.6. The zero-order chi connectivity index (χ0) is 20.3. The van der Waals surface area contributed by atoms with Crippen molar-refractivity contribution in [3.05, 3.63) is 29.4 Å². The van der Waals surface area contributed by atoms with E-state index in [4.69, 9.17) is 21.1 Å². The van der Waals surface area contributed by atoms with E-state index >= 15 is 0 Å². The normalized spacial score (nSPS) is 14.6. The van der Waals surface area contributed by atoms with Gasteiger partial charge in [0.05, 0.1) is 36.4 Å². The minimum Gasteiger partial charge on any atom is -0.495 e. The van der Waals surface area contributed by atoms with Crippen molar-refractivity contribution in [2.24, 2.45) is 0 Å². The smallest absolute Gasteiger partial charge is 0.262 e. The predicted molar refractivity (Wildman–Crippen MR) is 108 cm³/mol. The fourth-order valence-electron chi connectivity index (χ4n) is 2.71. The Bertz CT molecular complexity index is 949. The van der Waals surface area contributed by atoms with Gasteiger partial charge in [-0.2, -0.15) is 4.98 Å². The molecule has 1 saturated heterocycles. The zero-order valence-corrected chi connectivity index (χ0v) is 17.4. The van der Waals surface area contributed by atoms with E-state index in [1.807, 2.05) is 4.90 Å². The quantitative estimate of drug-likeness (QED) is 0.745. The topological polar surface area (TPSA) is 96.9 Å². The standard InChI is InChI=1S/C17H22ClN5O4S/c1-22(2)16-14(11-19-17(20-16)23-6-8-27-9-7-23)21-28(24,25)12-4-5-15(26-3)13(18)10-12/h4-5,10-11,21H,6-9H2,1-3H3. The Labute approximate surface area is 169 Å². The molecule has 0 atom stereocenters. The summed E-state index contributed by atoms with van der Waals surface area (Å²) >= 11 is 6.06. The van der Waals surface area contributed by atoms with Crippen LogP contribution in [0.1, 0.15) is 0 Å². The number of benzene rings is 1. The molecule has 1 aliphatic heterocycles. The Morgan fingerprint density at radius 2 is 2.00 bits per heavy atom. The molecule has 0 aliphatic carbocycles. The summed E-state index contributed by atoms with van der Waals surface area (Å²) in [5.41, 5.74) is 0.272. The Balaban J connectivity index is 1.91. The molecule has 1 N–H and O–H groups in total. The molecule has 2 heterocycles. The second kappa shape index (κ2) is 8.38. The molecule has 0 unspecified atom stereocenters. The fraction of sp³-hybridized carbons (Fsp3) is 0.412. The average Bonchev–Trinajstić information content (AvgIpc) is 2.68. The van der Waals surface area contributed by atoms with E-state index in [1.54, 1.807) is 19.0 Å². The van der Waals surface area contributed by atoms with Crippen molar-refractivity contribution in [1.82, 2.24) is 9.97 Å². The summed E-state index contributed by atoms with van der Waals surface area (Å²) in [6, 6.07) is 4.26. The molecule has 1 aliphatic rings. The molecular formula is C17H22ClN5O4S. The van der Waals surface area contributed by atoms with Gasteiger partial charge in [0.1, 0.15) is 11.4 Å². The number of nitrogens with zero attached hydrogens (tertiary/aromatic N) is 4. The van der Waals surface area contributed by atoms with Crippen LogP contribution in [0.3, 0.4) is 0 Å². The molecule has 28 heavy (non-hydrogen) atoms.